The van der Waals surface area contributed by atoms with Gasteiger partial charge in [0.25, 0.3) is 0 Å². The molecular formula is C22H31NO11. The summed E-state index contributed by atoms with van der Waals surface area (Å²) >= 11 is 0. The molecule has 0 amide bonds. The van der Waals surface area contributed by atoms with E-state index in [1.807, 2.05) is 6.92 Å². The highest BCUT2D eigenvalue weighted by molar-refractivity contribution is 5.76. The van der Waals surface area contributed by atoms with Crippen molar-refractivity contribution in [2.75, 3.05) is 20.8 Å². The minimum Gasteiger partial charge on any atom is -0.458 e. The van der Waals surface area contributed by atoms with Crippen LogP contribution >= 0.6 is 0 Å². The minimum absolute atomic E-state index is 0.000971. The number of rotatable bonds is 11. The summed E-state index contributed by atoms with van der Waals surface area (Å²) < 4.78 is 33.9. The Hall–Kier alpha value is -3.54. The van der Waals surface area contributed by atoms with Crippen LogP contribution in [0.4, 0.5) is 14.4 Å². The molecule has 1 unspecified atom stereocenters. The molecule has 12 heteroatoms. The van der Waals surface area contributed by atoms with Gasteiger partial charge in [-0.15, -0.1) is 0 Å². The summed E-state index contributed by atoms with van der Waals surface area (Å²) in [6, 6.07) is 3.11. The highest BCUT2D eigenvalue weighted by Gasteiger charge is 2.22. The predicted molar refractivity (Wildman–Crippen MR) is 117 cm³/mol. The fraction of sp³-hybridized carbons (Fsp3) is 0.545. The van der Waals surface area contributed by atoms with E-state index in [1.54, 1.807) is 6.92 Å². The number of methoxy groups -OCH3 is 2. The monoisotopic (exact) mass is 485 g/mol. The zero-order valence-corrected chi connectivity index (χ0v) is 19.9. The molecule has 0 saturated carbocycles. The largest absolute Gasteiger partial charge is 0.513 e. The van der Waals surface area contributed by atoms with Crippen LogP contribution in [0.5, 0.6) is 11.5 Å². The Morgan fingerprint density at radius 1 is 0.882 bits per heavy atom. The van der Waals surface area contributed by atoms with Crippen LogP contribution in [0.15, 0.2) is 18.2 Å². The van der Waals surface area contributed by atoms with Crippen LogP contribution in [0.1, 0.15) is 39.2 Å². The third-order valence-corrected chi connectivity index (χ3v) is 4.23. The van der Waals surface area contributed by atoms with Crippen molar-refractivity contribution in [3.05, 3.63) is 23.8 Å². The topological polar surface area (TPSA) is 159 Å². The number of ether oxygens (including phenoxy) is 7. The van der Waals surface area contributed by atoms with Crippen LogP contribution in [-0.4, -0.2) is 63.5 Å². The van der Waals surface area contributed by atoms with Gasteiger partial charge in [0.2, 0.25) is 0 Å². The zero-order valence-electron chi connectivity index (χ0n) is 19.9. The van der Waals surface area contributed by atoms with Crippen LogP contribution in [0.2, 0.25) is 0 Å². The van der Waals surface area contributed by atoms with Crippen molar-refractivity contribution in [3.8, 4) is 11.5 Å². The van der Waals surface area contributed by atoms with E-state index in [0.29, 0.717) is 12.0 Å². The van der Waals surface area contributed by atoms with Crippen LogP contribution in [0.3, 0.4) is 0 Å². The van der Waals surface area contributed by atoms with E-state index in [1.165, 1.54) is 25.1 Å². The van der Waals surface area contributed by atoms with Gasteiger partial charge in [0.05, 0.1) is 14.2 Å². The molecule has 0 spiro atoms. The molecule has 0 aromatic heterocycles. The lowest BCUT2D eigenvalue weighted by molar-refractivity contribution is -0.152. The van der Waals surface area contributed by atoms with Gasteiger partial charge in [-0.25, -0.2) is 14.4 Å². The Morgan fingerprint density at radius 3 is 2.09 bits per heavy atom. The van der Waals surface area contributed by atoms with Crippen LogP contribution in [-0.2, 0) is 34.9 Å². The van der Waals surface area contributed by atoms with E-state index in [4.69, 9.17) is 29.4 Å². The lowest BCUT2D eigenvalue weighted by Gasteiger charge is -2.18. The van der Waals surface area contributed by atoms with Crippen molar-refractivity contribution in [1.82, 2.24) is 0 Å². The van der Waals surface area contributed by atoms with E-state index >= 15 is 0 Å². The van der Waals surface area contributed by atoms with Crippen molar-refractivity contribution < 1.29 is 52.3 Å². The first kappa shape index (κ1) is 28.5. The van der Waals surface area contributed by atoms with Gasteiger partial charge >= 0.3 is 24.4 Å². The fourth-order valence-electron chi connectivity index (χ4n) is 2.61. The van der Waals surface area contributed by atoms with E-state index in [0.717, 1.165) is 20.6 Å². The van der Waals surface area contributed by atoms with Crippen molar-refractivity contribution >= 4 is 24.4 Å². The quantitative estimate of drug-likeness (QED) is 0.277. The SMILES string of the molecule is CCCC(C)OC(=O)OC[C@H](C)OC(=O)[C@@H](N)Cc1ccc(OC(=O)OC)c(OC(=O)OC)c1. The first-order chi connectivity index (χ1) is 16.1. The Kier molecular flexibility index (Phi) is 12.2. The maximum Gasteiger partial charge on any atom is 0.513 e. The summed E-state index contributed by atoms with van der Waals surface area (Å²) in [4.78, 5) is 46.8. The van der Waals surface area contributed by atoms with Gasteiger partial charge in [0.15, 0.2) is 11.5 Å². The second-order valence-electron chi connectivity index (χ2n) is 7.23. The van der Waals surface area contributed by atoms with Crippen LogP contribution in [0, 0.1) is 0 Å². The second-order valence-corrected chi connectivity index (χ2v) is 7.23. The van der Waals surface area contributed by atoms with E-state index in [2.05, 4.69) is 9.47 Å². The van der Waals surface area contributed by atoms with Gasteiger partial charge in [-0.3, -0.25) is 4.79 Å². The Morgan fingerprint density at radius 2 is 1.50 bits per heavy atom. The summed E-state index contributed by atoms with van der Waals surface area (Å²) in [6.45, 7) is 5.05. The van der Waals surface area contributed by atoms with Gasteiger partial charge in [-0.2, -0.15) is 0 Å². The molecule has 1 rings (SSSR count). The highest BCUT2D eigenvalue weighted by atomic mass is 16.7. The molecule has 2 N–H and O–H groups in total. The normalized spacial score (nSPS) is 13.0. The van der Waals surface area contributed by atoms with Gasteiger partial charge in [-0.05, 0) is 44.4 Å². The fourth-order valence-corrected chi connectivity index (χ4v) is 2.61. The summed E-state index contributed by atoms with van der Waals surface area (Å²) in [5.74, 6) is -0.995. The van der Waals surface area contributed by atoms with Gasteiger partial charge in [0, 0.05) is 0 Å². The smallest absolute Gasteiger partial charge is 0.458 e. The first-order valence-electron chi connectivity index (χ1n) is 10.5. The average Bonchev–Trinajstić information content (AvgIpc) is 2.79. The van der Waals surface area contributed by atoms with Crippen molar-refractivity contribution in [2.45, 2.75) is 58.3 Å². The highest BCUT2D eigenvalue weighted by Crippen LogP contribution is 2.29. The van der Waals surface area contributed by atoms with Crippen molar-refractivity contribution in [2.24, 2.45) is 5.73 Å². The average molecular weight is 485 g/mol. The summed E-state index contributed by atoms with van der Waals surface area (Å²) in [7, 11) is 2.22. The van der Waals surface area contributed by atoms with E-state index in [-0.39, 0.29) is 30.6 Å². The molecule has 0 heterocycles. The standard InChI is InChI=1S/C22H31NO11/c1-6-7-13(2)32-22(27)30-12-14(3)31-19(24)16(23)10-15-8-9-17(33-20(25)28-4)18(11-15)34-21(26)29-5/h8-9,11,13-14,16H,6-7,10,12,23H2,1-5H3/t13?,14-,16-/m0/s1. The molecule has 0 aliphatic heterocycles. The second kappa shape index (κ2) is 14.6. The number of benzene rings is 1. The molecule has 0 bridgehead atoms. The molecule has 0 aliphatic rings. The molecule has 1 aromatic rings. The van der Waals surface area contributed by atoms with E-state index in [9.17, 15) is 19.2 Å². The lowest BCUT2D eigenvalue weighted by Crippen LogP contribution is -2.37. The Bertz CT molecular complexity index is 842. The third kappa shape index (κ3) is 10.4. The first-order valence-corrected chi connectivity index (χ1v) is 10.5. The number of hydrogen-bond acceptors (Lipinski definition) is 12. The number of nitrogens with two attached hydrogens (primary N) is 1. The maximum atomic E-state index is 12.3. The lowest BCUT2D eigenvalue weighted by atomic mass is 10.1. The van der Waals surface area contributed by atoms with Crippen molar-refractivity contribution in [3.63, 3.8) is 0 Å². The molecule has 0 saturated heterocycles. The van der Waals surface area contributed by atoms with E-state index < -0.39 is 36.6 Å². The molecule has 34 heavy (non-hydrogen) atoms. The molecule has 0 fully saturated rings. The molecule has 1 aromatic carbocycles. The Balaban J connectivity index is 2.69. The van der Waals surface area contributed by atoms with Gasteiger partial charge in [-0.1, -0.05) is 19.4 Å². The third-order valence-electron chi connectivity index (χ3n) is 4.23. The van der Waals surface area contributed by atoms with Gasteiger partial charge in [0.1, 0.15) is 24.9 Å². The summed E-state index contributed by atoms with van der Waals surface area (Å²) in [5.41, 5.74) is 6.40. The number of hydrogen-bond donors (Lipinski definition) is 1. The molecular weight excluding hydrogens is 454 g/mol. The summed E-state index contributed by atoms with van der Waals surface area (Å²) in [5, 5.41) is 0. The maximum absolute atomic E-state index is 12.3. The van der Waals surface area contributed by atoms with Gasteiger partial charge < -0.3 is 38.9 Å². The van der Waals surface area contributed by atoms with Crippen LogP contribution < -0.4 is 15.2 Å². The number of esters is 1. The molecule has 12 nitrogen and oxygen atoms in total. The van der Waals surface area contributed by atoms with Crippen molar-refractivity contribution in [1.29, 1.82) is 0 Å². The molecule has 0 aliphatic carbocycles. The molecule has 0 radical (unpaired) electrons. The van der Waals surface area contributed by atoms with Crippen LogP contribution in [0.25, 0.3) is 0 Å². The zero-order chi connectivity index (χ0) is 25.7. The summed E-state index contributed by atoms with van der Waals surface area (Å²) in [6.07, 6.45) is -2.40. The molecule has 3 atom stereocenters. The predicted octanol–water partition coefficient (Wildman–Crippen LogP) is 3.12. The minimum atomic E-state index is -1.09. The molecule has 190 valence electrons. The Labute approximate surface area is 197 Å². The number of carbonyl (C=O) groups excluding carboxylic acids is 4. The number of carbonyl (C=O) groups is 4.